The molecule has 174 valence electrons. The predicted octanol–water partition coefficient (Wildman–Crippen LogP) is 4.92. The molecule has 1 saturated carbocycles. The number of hydrogen-bond donors (Lipinski definition) is 2. The van der Waals surface area contributed by atoms with Gasteiger partial charge in [0.15, 0.2) is 6.17 Å². The van der Waals surface area contributed by atoms with Crippen molar-refractivity contribution in [2.75, 3.05) is 0 Å². The maximum absolute atomic E-state index is 14.9. The molecular formula is C22H33F4NaO4. The Morgan fingerprint density at radius 1 is 1.29 bits per heavy atom. The molecule has 0 amide bonds. The average molecular weight is 460 g/mol. The summed E-state index contributed by atoms with van der Waals surface area (Å²) in [7, 11) is 0. The second-order valence-corrected chi connectivity index (χ2v) is 8.62. The Balaban J connectivity index is 0.00000480. The fourth-order valence-electron chi connectivity index (χ4n) is 4.33. The number of rotatable bonds is 10. The first-order chi connectivity index (χ1) is 14.0. The summed E-state index contributed by atoms with van der Waals surface area (Å²) in [5, 5.41) is 19.0. The number of fused-ring (bicyclic) bond motifs is 1. The van der Waals surface area contributed by atoms with Crippen LogP contribution < -0.4 is 0 Å². The van der Waals surface area contributed by atoms with Gasteiger partial charge in [-0.05, 0) is 51.0 Å². The molecule has 2 N–H and O–H groups in total. The van der Waals surface area contributed by atoms with E-state index in [4.69, 9.17) is 9.84 Å². The van der Waals surface area contributed by atoms with E-state index in [0.717, 1.165) is 6.92 Å². The maximum atomic E-state index is 14.9. The van der Waals surface area contributed by atoms with Crippen LogP contribution >= 0.6 is 0 Å². The summed E-state index contributed by atoms with van der Waals surface area (Å²) in [6, 6.07) is 0. The molecule has 0 aromatic carbocycles. The minimum atomic E-state index is -4.55. The summed E-state index contributed by atoms with van der Waals surface area (Å²) in [6.45, 7) is 2.83. The summed E-state index contributed by atoms with van der Waals surface area (Å²) >= 11 is 0. The SMILES string of the molecule is CCCCC(C)([C@H](O)/C=C/[C@H]1CC[C@@H]2O/C(=C\CCCC(=O)O)C(F)[C@@H]21)C(F)(F)F.[NaH]. The molecule has 1 saturated heterocycles. The van der Waals surface area contributed by atoms with Gasteiger partial charge in [-0.1, -0.05) is 31.9 Å². The standard InChI is InChI=1S/C22H32F4O4.Na.H/c1-3-4-13-21(2,22(24,25)26)17(27)12-10-14-9-11-15-19(14)20(23)16(30-15)7-5-6-8-18(28)29;;/h7,10,12,14-15,17,19-20,27H,3-6,8-9,11,13H2,1-2H3,(H,28,29);;/b12-10+,16-7-;;/t14-,15+,17-,19-,20?,21?;;/m1../s1. The van der Waals surface area contributed by atoms with Crippen LogP contribution in [-0.2, 0) is 9.53 Å². The van der Waals surface area contributed by atoms with Crippen LogP contribution in [0.15, 0.2) is 24.0 Å². The van der Waals surface area contributed by atoms with Gasteiger partial charge in [0, 0.05) is 12.3 Å². The Morgan fingerprint density at radius 3 is 2.55 bits per heavy atom. The number of ether oxygens (including phenoxy) is 1. The van der Waals surface area contributed by atoms with Crippen molar-refractivity contribution in [1.29, 1.82) is 0 Å². The van der Waals surface area contributed by atoms with Gasteiger partial charge in [0.2, 0.25) is 0 Å². The van der Waals surface area contributed by atoms with Gasteiger partial charge in [0.05, 0.1) is 11.5 Å². The fourth-order valence-corrected chi connectivity index (χ4v) is 4.33. The molecule has 31 heavy (non-hydrogen) atoms. The zero-order valence-electron chi connectivity index (χ0n) is 17.5. The molecule has 0 spiro atoms. The average Bonchev–Trinajstić information content (AvgIpc) is 3.20. The molecule has 1 heterocycles. The van der Waals surface area contributed by atoms with Gasteiger partial charge in [0.25, 0.3) is 0 Å². The number of carbonyl (C=O) groups is 1. The molecule has 0 aromatic rings. The van der Waals surface area contributed by atoms with Crippen LogP contribution in [0.5, 0.6) is 0 Å². The van der Waals surface area contributed by atoms with E-state index < -0.39 is 35.8 Å². The summed E-state index contributed by atoms with van der Waals surface area (Å²) in [5.41, 5.74) is -2.24. The van der Waals surface area contributed by atoms with Gasteiger partial charge in [-0.2, -0.15) is 13.2 Å². The molecule has 2 unspecified atom stereocenters. The molecule has 2 rings (SSSR count). The third-order valence-electron chi connectivity index (χ3n) is 6.44. The molecule has 0 aromatic heterocycles. The van der Waals surface area contributed by atoms with Crippen LogP contribution in [0.2, 0.25) is 0 Å². The summed E-state index contributed by atoms with van der Waals surface area (Å²) in [4.78, 5) is 10.6. The Labute approximate surface area is 203 Å². The van der Waals surface area contributed by atoms with Crippen LogP contribution in [0.1, 0.15) is 65.2 Å². The van der Waals surface area contributed by atoms with Crippen LogP contribution in [0, 0.1) is 17.3 Å². The van der Waals surface area contributed by atoms with Crippen molar-refractivity contribution in [3.63, 3.8) is 0 Å². The van der Waals surface area contributed by atoms with Crippen molar-refractivity contribution in [3.05, 3.63) is 24.0 Å². The van der Waals surface area contributed by atoms with Gasteiger partial charge in [-0.3, -0.25) is 4.79 Å². The molecule has 0 bridgehead atoms. The van der Waals surface area contributed by atoms with E-state index in [-0.39, 0.29) is 60.2 Å². The van der Waals surface area contributed by atoms with E-state index in [2.05, 4.69) is 0 Å². The van der Waals surface area contributed by atoms with Crippen molar-refractivity contribution >= 4 is 35.5 Å². The second kappa shape index (κ2) is 12.1. The number of aliphatic hydroxyl groups excluding tert-OH is 1. The third-order valence-corrected chi connectivity index (χ3v) is 6.44. The van der Waals surface area contributed by atoms with Gasteiger partial charge < -0.3 is 14.9 Å². The topological polar surface area (TPSA) is 66.8 Å². The van der Waals surface area contributed by atoms with E-state index >= 15 is 0 Å². The van der Waals surface area contributed by atoms with Crippen LogP contribution in [-0.4, -0.2) is 70.3 Å². The first-order valence-electron chi connectivity index (χ1n) is 10.7. The number of aliphatic carboxylic acids is 1. The third kappa shape index (κ3) is 6.95. The number of carboxylic acid groups (broad SMARTS) is 1. The molecule has 4 nitrogen and oxygen atoms in total. The number of alkyl halides is 4. The summed E-state index contributed by atoms with van der Waals surface area (Å²) < 4.78 is 61.3. The first kappa shape index (κ1) is 28.5. The normalized spacial score (nSPS) is 30.0. The number of hydrogen-bond acceptors (Lipinski definition) is 3. The zero-order valence-corrected chi connectivity index (χ0v) is 17.5. The number of halogens is 4. The fraction of sp³-hybridized carbons (Fsp3) is 0.773. The van der Waals surface area contributed by atoms with E-state index in [1.807, 2.05) is 0 Å². The van der Waals surface area contributed by atoms with Crippen molar-refractivity contribution in [2.24, 2.45) is 17.3 Å². The van der Waals surface area contributed by atoms with Crippen LogP contribution in [0.4, 0.5) is 17.6 Å². The summed E-state index contributed by atoms with van der Waals surface area (Å²) in [5.74, 6) is -1.53. The van der Waals surface area contributed by atoms with Crippen molar-refractivity contribution in [1.82, 2.24) is 0 Å². The van der Waals surface area contributed by atoms with E-state index in [1.165, 1.54) is 12.2 Å². The Kier molecular flexibility index (Phi) is 11.1. The Morgan fingerprint density at radius 2 is 1.97 bits per heavy atom. The van der Waals surface area contributed by atoms with Crippen LogP contribution in [0.25, 0.3) is 0 Å². The second-order valence-electron chi connectivity index (χ2n) is 8.62. The van der Waals surface area contributed by atoms with Crippen LogP contribution in [0.3, 0.4) is 0 Å². The number of unbranched alkanes of at least 4 members (excludes halogenated alkanes) is 2. The first-order valence-corrected chi connectivity index (χ1v) is 10.7. The van der Waals surface area contributed by atoms with E-state index in [9.17, 15) is 27.5 Å². The molecule has 9 heteroatoms. The number of allylic oxidation sites excluding steroid dienone is 3. The molecule has 1 aliphatic carbocycles. The molecule has 0 radical (unpaired) electrons. The minimum absolute atomic E-state index is 0. The zero-order chi connectivity index (χ0) is 22.5. The van der Waals surface area contributed by atoms with Gasteiger partial charge in [0.1, 0.15) is 11.9 Å². The van der Waals surface area contributed by atoms with Crippen molar-refractivity contribution in [2.45, 2.75) is 89.8 Å². The van der Waals surface area contributed by atoms with E-state index in [0.29, 0.717) is 38.5 Å². The number of aliphatic hydroxyl groups is 1. The Hall–Kier alpha value is -0.570. The molecule has 6 atom stereocenters. The quantitative estimate of drug-likeness (QED) is 0.210. The van der Waals surface area contributed by atoms with Crippen molar-refractivity contribution in [3.8, 4) is 0 Å². The number of carboxylic acids is 1. The van der Waals surface area contributed by atoms with E-state index in [1.54, 1.807) is 13.0 Å². The molecular weight excluding hydrogens is 427 g/mol. The predicted molar refractivity (Wildman–Crippen MR) is 112 cm³/mol. The molecule has 2 aliphatic rings. The van der Waals surface area contributed by atoms with Gasteiger partial charge in [-0.25, -0.2) is 4.39 Å². The van der Waals surface area contributed by atoms with Crippen molar-refractivity contribution < 1.29 is 37.3 Å². The molecule has 1 aliphatic heterocycles. The molecule has 2 fully saturated rings. The summed E-state index contributed by atoms with van der Waals surface area (Å²) in [6.07, 6.45) is -0.964. The van der Waals surface area contributed by atoms with Gasteiger partial charge >= 0.3 is 41.7 Å². The Bertz CT molecular complexity index is 652. The van der Waals surface area contributed by atoms with Gasteiger partial charge in [-0.15, -0.1) is 0 Å². The monoisotopic (exact) mass is 460 g/mol.